The normalized spacial score (nSPS) is 35.0. The van der Waals surface area contributed by atoms with Gasteiger partial charge in [-0.1, -0.05) is 63.2 Å². The summed E-state index contributed by atoms with van der Waals surface area (Å²) in [6, 6.07) is 15.2. The molecule has 2 saturated carbocycles. The molecule has 4 rings (SSSR count). The zero-order chi connectivity index (χ0) is 16.2. The molecule has 23 heavy (non-hydrogen) atoms. The number of rotatable bonds is 3. The molecule has 0 spiro atoms. The Bertz CT molecular complexity index is 732. The summed E-state index contributed by atoms with van der Waals surface area (Å²) in [4.78, 5) is 0. The van der Waals surface area contributed by atoms with E-state index in [-0.39, 0.29) is 23.0 Å². The molecule has 0 aromatic heterocycles. The maximum absolute atomic E-state index is 10.9. The van der Waals surface area contributed by atoms with Crippen LogP contribution in [-0.2, 0) is 6.54 Å². The van der Waals surface area contributed by atoms with Gasteiger partial charge in [0.1, 0.15) is 0 Å². The van der Waals surface area contributed by atoms with Gasteiger partial charge in [-0.25, -0.2) is 0 Å². The monoisotopic (exact) mass is 309 g/mol. The van der Waals surface area contributed by atoms with Crippen molar-refractivity contribution in [2.45, 2.75) is 52.3 Å². The number of hydrogen-bond donors (Lipinski definition) is 2. The summed E-state index contributed by atoms with van der Waals surface area (Å²) in [6.45, 7) is 7.78. The highest BCUT2D eigenvalue weighted by atomic mass is 16.3. The summed E-state index contributed by atoms with van der Waals surface area (Å²) in [5.74, 6) is 0.567. The first kappa shape index (κ1) is 15.2. The summed E-state index contributed by atoms with van der Waals surface area (Å²) in [5.41, 5.74) is 1.58. The highest BCUT2D eigenvalue weighted by molar-refractivity contribution is 5.85. The SMILES string of the molecule is CC1(C)[C@@H]2CC[C@@]1(C)[C@H](O)[C@H]2NCc1cccc2ccccc12. The molecule has 0 heterocycles. The van der Waals surface area contributed by atoms with Crippen LogP contribution in [0.4, 0.5) is 0 Å². The van der Waals surface area contributed by atoms with Crippen LogP contribution in [0, 0.1) is 16.7 Å². The number of aliphatic hydroxyl groups excluding tert-OH is 1. The lowest BCUT2D eigenvalue weighted by Gasteiger charge is -2.37. The molecule has 2 aromatic carbocycles. The van der Waals surface area contributed by atoms with Crippen molar-refractivity contribution in [3.05, 3.63) is 48.0 Å². The molecule has 2 fully saturated rings. The molecular weight excluding hydrogens is 282 g/mol. The summed E-state index contributed by atoms with van der Waals surface area (Å²) >= 11 is 0. The van der Waals surface area contributed by atoms with Crippen molar-refractivity contribution in [2.75, 3.05) is 0 Å². The smallest absolute Gasteiger partial charge is 0.0754 e. The standard InChI is InChI=1S/C21H27NO/c1-20(2)17-11-12-21(20,3)19(23)18(17)22-13-15-9-6-8-14-7-4-5-10-16(14)15/h4-10,17-19,22-23H,11-13H2,1-3H3/t17-,18+,19-,21+/m1/s1. The average molecular weight is 309 g/mol. The van der Waals surface area contributed by atoms with Crippen molar-refractivity contribution in [1.82, 2.24) is 5.32 Å². The lowest BCUT2D eigenvalue weighted by atomic mass is 9.70. The Morgan fingerprint density at radius 3 is 2.57 bits per heavy atom. The number of benzene rings is 2. The molecule has 0 saturated heterocycles. The summed E-state index contributed by atoms with van der Waals surface area (Å²) in [7, 11) is 0. The summed E-state index contributed by atoms with van der Waals surface area (Å²) in [5, 5.41) is 17.2. The van der Waals surface area contributed by atoms with Gasteiger partial charge in [-0.05, 0) is 40.5 Å². The van der Waals surface area contributed by atoms with Gasteiger partial charge in [0, 0.05) is 18.0 Å². The number of nitrogens with one attached hydrogen (secondary N) is 1. The first-order chi connectivity index (χ1) is 10.9. The molecule has 2 aliphatic rings. The fraction of sp³-hybridized carbons (Fsp3) is 0.524. The quantitative estimate of drug-likeness (QED) is 0.894. The Hall–Kier alpha value is -1.38. The van der Waals surface area contributed by atoms with Crippen LogP contribution >= 0.6 is 0 Å². The maximum atomic E-state index is 10.9. The van der Waals surface area contributed by atoms with Gasteiger partial charge in [0.15, 0.2) is 0 Å². The molecule has 0 unspecified atom stereocenters. The summed E-state index contributed by atoms with van der Waals surface area (Å²) < 4.78 is 0. The van der Waals surface area contributed by atoms with Crippen molar-refractivity contribution in [2.24, 2.45) is 16.7 Å². The molecule has 122 valence electrons. The topological polar surface area (TPSA) is 32.3 Å². The fourth-order valence-corrected chi connectivity index (χ4v) is 5.26. The van der Waals surface area contributed by atoms with Gasteiger partial charge in [0.05, 0.1) is 6.10 Å². The van der Waals surface area contributed by atoms with Crippen LogP contribution in [-0.4, -0.2) is 17.3 Å². The van der Waals surface area contributed by atoms with Gasteiger partial charge in [-0.2, -0.15) is 0 Å². The minimum Gasteiger partial charge on any atom is -0.391 e. The van der Waals surface area contributed by atoms with Crippen molar-refractivity contribution >= 4 is 10.8 Å². The van der Waals surface area contributed by atoms with Gasteiger partial charge in [-0.15, -0.1) is 0 Å². The fourth-order valence-electron chi connectivity index (χ4n) is 5.26. The van der Waals surface area contributed by atoms with Crippen molar-refractivity contribution in [3.8, 4) is 0 Å². The largest absolute Gasteiger partial charge is 0.391 e. The molecule has 0 radical (unpaired) electrons. The zero-order valence-corrected chi connectivity index (χ0v) is 14.3. The van der Waals surface area contributed by atoms with Gasteiger partial charge in [0.25, 0.3) is 0 Å². The van der Waals surface area contributed by atoms with Gasteiger partial charge in [0.2, 0.25) is 0 Å². The van der Waals surface area contributed by atoms with Gasteiger partial charge < -0.3 is 10.4 Å². The van der Waals surface area contributed by atoms with E-state index in [2.05, 4.69) is 68.6 Å². The maximum Gasteiger partial charge on any atom is 0.0754 e. The van der Waals surface area contributed by atoms with E-state index < -0.39 is 0 Å². The van der Waals surface area contributed by atoms with Crippen LogP contribution in [0.1, 0.15) is 39.2 Å². The number of hydrogen-bond acceptors (Lipinski definition) is 2. The van der Waals surface area contributed by atoms with E-state index in [4.69, 9.17) is 0 Å². The molecule has 2 heteroatoms. The van der Waals surface area contributed by atoms with E-state index in [1.165, 1.54) is 22.8 Å². The van der Waals surface area contributed by atoms with E-state index >= 15 is 0 Å². The molecule has 4 atom stereocenters. The minimum atomic E-state index is -0.244. The Morgan fingerprint density at radius 2 is 1.83 bits per heavy atom. The van der Waals surface area contributed by atoms with Crippen molar-refractivity contribution < 1.29 is 5.11 Å². The third-order valence-corrected chi connectivity index (χ3v) is 7.21. The Kier molecular flexibility index (Phi) is 3.33. The molecule has 2 bridgehead atoms. The second-order valence-electron chi connectivity index (χ2n) is 8.27. The Morgan fingerprint density at radius 1 is 1.09 bits per heavy atom. The molecule has 2 nitrogen and oxygen atoms in total. The second-order valence-corrected chi connectivity index (χ2v) is 8.27. The van der Waals surface area contributed by atoms with Gasteiger partial charge in [-0.3, -0.25) is 0 Å². The van der Waals surface area contributed by atoms with Crippen LogP contribution < -0.4 is 5.32 Å². The third-order valence-electron chi connectivity index (χ3n) is 7.21. The van der Waals surface area contributed by atoms with E-state index in [1.54, 1.807) is 0 Å². The van der Waals surface area contributed by atoms with Crippen LogP contribution in [0.3, 0.4) is 0 Å². The zero-order valence-electron chi connectivity index (χ0n) is 14.3. The van der Waals surface area contributed by atoms with Crippen molar-refractivity contribution in [1.29, 1.82) is 0 Å². The van der Waals surface area contributed by atoms with E-state index in [9.17, 15) is 5.11 Å². The molecule has 2 N–H and O–H groups in total. The molecule has 2 aromatic rings. The predicted octanol–water partition coefficient (Wildman–Crippen LogP) is 4.12. The Labute approximate surface area is 138 Å². The highest BCUT2D eigenvalue weighted by Gasteiger charge is 2.65. The summed E-state index contributed by atoms with van der Waals surface area (Å²) in [6.07, 6.45) is 2.14. The Balaban J connectivity index is 1.58. The lowest BCUT2D eigenvalue weighted by Crippen LogP contribution is -2.46. The highest BCUT2D eigenvalue weighted by Crippen LogP contribution is 2.65. The van der Waals surface area contributed by atoms with E-state index in [1.807, 2.05) is 0 Å². The third kappa shape index (κ3) is 2.01. The molecular formula is C21H27NO. The van der Waals surface area contributed by atoms with Crippen LogP contribution in [0.15, 0.2) is 42.5 Å². The molecule has 0 aliphatic heterocycles. The van der Waals surface area contributed by atoms with Crippen LogP contribution in [0.25, 0.3) is 10.8 Å². The van der Waals surface area contributed by atoms with E-state index in [0.717, 1.165) is 13.0 Å². The minimum absolute atomic E-state index is 0.0497. The number of fused-ring (bicyclic) bond motifs is 3. The van der Waals surface area contributed by atoms with Crippen LogP contribution in [0.2, 0.25) is 0 Å². The molecule has 0 amide bonds. The van der Waals surface area contributed by atoms with E-state index in [0.29, 0.717) is 5.92 Å². The predicted molar refractivity (Wildman–Crippen MR) is 95.2 cm³/mol. The van der Waals surface area contributed by atoms with Gasteiger partial charge >= 0.3 is 0 Å². The lowest BCUT2D eigenvalue weighted by molar-refractivity contribution is -0.000161. The van der Waals surface area contributed by atoms with Crippen LogP contribution in [0.5, 0.6) is 0 Å². The first-order valence-electron chi connectivity index (χ1n) is 8.83. The first-order valence-corrected chi connectivity index (χ1v) is 8.83. The number of aliphatic hydroxyl groups is 1. The second kappa shape index (κ2) is 5.06. The van der Waals surface area contributed by atoms with Crippen molar-refractivity contribution in [3.63, 3.8) is 0 Å². The molecule has 2 aliphatic carbocycles. The average Bonchev–Trinajstić information content (AvgIpc) is 2.86.